The van der Waals surface area contributed by atoms with E-state index in [1.165, 1.54) is 11.3 Å². The van der Waals surface area contributed by atoms with Crippen LogP contribution in [0.15, 0.2) is 34.1 Å². The number of nitrogens with two attached hydrogens (primary N) is 1. The second kappa shape index (κ2) is 3.93. The maximum absolute atomic E-state index is 5.89. The summed E-state index contributed by atoms with van der Waals surface area (Å²) >= 11 is 10.7. The molecule has 2 rings (SSSR count). The predicted molar refractivity (Wildman–Crippen MR) is 66.9 cm³/mol. The lowest BCUT2D eigenvalue weighted by molar-refractivity contribution is 1.63. The summed E-state index contributed by atoms with van der Waals surface area (Å²) in [7, 11) is 0. The van der Waals surface area contributed by atoms with Crippen molar-refractivity contribution in [2.75, 3.05) is 5.73 Å². The molecule has 0 aliphatic rings. The lowest BCUT2D eigenvalue weighted by Crippen LogP contribution is -1.85. The summed E-state index contributed by atoms with van der Waals surface area (Å²) in [5, 5.41) is 1.97. The normalized spacial score (nSPS) is 10.4. The van der Waals surface area contributed by atoms with Crippen LogP contribution in [0.1, 0.15) is 0 Å². The van der Waals surface area contributed by atoms with Crippen molar-refractivity contribution in [1.29, 1.82) is 0 Å². The van der Waals surface area contributed by atoms with E-state index < -0.39 is 0 Å². The molecule has 0 spiro atoms. The van der Waals surface area contributed by atoms with Gasteiger partial charge in [-0.25, -0.2) is 0 Å². The van der Waals surface area contributed by atoms with E-state index in [2.05, 4.69) is 15.9 Å². The Labute approximate surface area is 99.6 Å². The van der Waals surface area contributed by atoms with Gasteiger partial charge in [0.1, 0.15) is 4.34 Å². The Balaban J connectivity index is 2.49. The zero-order chi connectivity index (χ0) is 10.1. The zero-order valence-corrected chi connectivity index (χ0v) is 10.3. The molecule has 1 heterocycles. The molecule has 0 amide bonds. The summed E-state index contributed by atoms with van der Waals surface area (Å²) < 4.78 is 1.71. The van der Waals surface area contributed by atoms with Crippen LogP contribution in [0.2, 0.25) is 4.34 Å². The molecule has 14 heavy (non-hydrogen) atoms. The first-order valence-corrected chi connectivity index (χ1v) is 6.02. The molecule has 4 heteroatoms. The van der Waals surface area contributed by atoms with Crippen LogP contribution >= 0.6 is 38.9 Å². The van der Waals surface area contributed by atoms with Crippen molar-refractivity contribution in [2.24, 2.45) is 0 Å². The molecule has 0 unspecified atom stereocenters. The summed E-state index contributed by atoms with van der Waals surface area (Å²) in [6.07, 6.45) is 0. The highest BCUT2D eigenvalue weighted by atomic mass is 79.9. The van der Waals surface area contributed by atoms with Crippen molar-refractivity contribution in [1.82, 2.24) is 0 Å². The number of benzene rings is 1. The van der Waals surface area contributed by atoms with Crippen molar-refractivity contribution in [3.8, 4) is 11.1 Å². The molecule has 0 fully saturated rings. The van der Waals surface area contributed by atoms with E-state index >= 15 is 0 Å². The van der Waals surface area contributed by atoms with E-state index in [1.54, 1.807) is 0 Å². The fourth-order valence-electron chi connectivity index (χ4n) is 1.20. The zero-order valence-electron chi connectivity index (χ0n) is 7.13. The quantitative estimate of drug-likeness (QED) is 0.826. The topological polar surface area (TPSA) is 26.0 Å². The third-order valence-corrected chi connectivity index (χ3v) is 3.72. The van der Waals surface area contributed by atoms with Gasteiger partial charge in [0.25, 0.3) is 0 Å². The minimum atomic E-state index is 0.655. The van der Waals surface area contributed by atoms with Gasteiger partial charge in [-0.3, -0.25) is 0 Å². The van der Waals surface area contributed by atoms with Gasteiger partial charge in [0.15, 0.2) is 0 Å². The molecule has 2 aromatic rings. The van der Waals surface area contributed by atoms with Gasteiger partial charge < -0.3 is 5.73 Å². The molecular formula is C10H7BrClNS. The van der Waals surface area contributed by atoms with Crippen molar-refractivity contribution < 1.29 is 0 Å². The summed E-state index contributed by atoms with van der Waals surface area (Å²) in [6.45, 7) is 0. The van der Waals surface area contributed by atoms with Crippen LogP contribution in [0.3, 0.4) is 0 Å². The standard InChI is InChI=1S/C10H7BrClNS/c11-7-3-1-6(2-4-7)8-5-14-10(12)9(8)13/h1-5H,13H2. The van der Waals surface area contributed by atoms with E-state index in [0.717, 1.165) is 15.6 Å². The Morgan fingerprint density at radius 1 is 1.21 bits per heavy atom. The largest absolute Gasteiger partial charge is 0.396 e. The molecule has 0 bridgehead atoms. The summed E-state index contributed by atoms with van der Waals surface area (Å²) in [5.74, 6) is 0. The van der Waals surface area contributed by atoms with Crippen molar-refractivity contribution in [3.05, 3.63) is 38.5 Å². The van der Waals surface area contributed by atoms with Crippen LogP contribution in [0, 0.1) is 0 Å². The Bertz CT molecular complexity index is 450. The lowest BCUT2D eigenvalue weighted by atomic mass is 10.1. The van der Waals surface area contributed by atoms with Crippen LogP contribution in [0.5, 0.6) is 0 Å². The Morgan fingerprint density at radius 3 is 2.36 bits per heavy atom. The summed E-state index contributed by atoms with van der Waals surface area (Å²) in [5.41, 5.74) is 8.60. The fraction of sp³-hybridized carbons (Fsp3) is 0. The van der Waals surface area contributed by atoms with Crippen LogP contribution in [-0.2, 0) is 0 Å². The first-order valence-electron chi connectivity index (χ1n) is 3.97. The lowest BCUT2D eigenvalue weighted by Gasteiger charge is -2.00. The van der Waals surface area contributed by atoms with Gasteiger partial charge in [0.05, 0.1) is 5.69 Å². The molecule has 2 N–H and O–H groups in total. The van der Waals surface area contributed by atoms with E-state index in [0.29, 0.717) is 10.0 Å². The Kier molecular flexibility index (Phi) is 2.81. The SMILES string of the molecule is Nc1c(-c2ccc(Br)cc2)csc1Cl. The maximum atomic E-state index is 5.89. The molecule has 1 aromatic heterocycles. The van der Waals surface area contributed by atoms with Crippen molar-refractivity contribution >= 4 is 44.6 Å². The van der Waals surface area contributed by atoms with Gasteiger partial charge in [0, 0.05) is 15.4 Å². The molecule has 0 atom stereocenters. The van der Waals surface area contributed by atoms with E-state index in [4.69, 9.17) is 17.3 Å². The Hall–Kier alpha value is -0.510. The van der Waals surface area contributed by atoms with Crippen LogP contribution in [-0.4, -0.2) is 0 Å². The van der Waals surface area contributed by atoms with Crippen LogP contribution in [0.25, 0.3) is 11.1 Å². The number of hydrogen-bond donors (Lipinski definition) is 1. The number of hydrogen-bond acceptors (Lipinski definition) is 2. The second-order valence-electron chi connectivity index (χ2n) is 2.84. The number of nitrogen functional groups attached to an aromatic ring is 1. The third-order valence-electron chi connectivity index (χ3n) is 1.94. The van der Waals surface area contributed by atoms with Crippen molar-refractivity contribution in [2.45, 2.75) is 0 Å². The summed E-state index contributed by atoms with van der Waals surface area (Å²) in [6, 6.07) is 8.00. The highest BCUT2D eigenvalue weighted by Crippen LogP contribution is 2.37. The third kappa shape index (κ3) is 1.80. The van der Waals surface area contributed by atoms with Gasteiger partial charge in [-0.15, -0.1) is 11.3 Å². The fourth-order valence-corrected chi connectivity index (χ4v) is 2.42. The molecule has 0 radical (unpaired) electrons. The molecule has 1 nitrogen and oxygen atoms in total. The predicted octanol–water partition coefficient (Wildman–Crippen LogP) is 4.41. The highest BCUT2D eigenvalue weighted by Gasteiger charge is 2.07. The minimum absolute atomic E-state index is 0.655. The molecule has 0 aliphatic carbocycles. The summed E-state index contributed by atoms with van der Waals surface area (Å²) in [4.78, 5) is 0. The first-order chi connectivity index (χ1) is 6.68. The molecule has 0 aliphatic heterocycles. The van der Waals surface area contributed by atoms with Crippen LogP contribution in [0.4, 0.5) is 5.69 Å². The monoisotopic (exact) mass is 287 g/mol. The average Bonchev–Trinajstić information content (AvgIpc) is 2.50. The molecule has 0 saturated heterocycles. The molecule has 0 saturated carbocycles. The Morgan fingerprint density at radius 2 is 1.86 bits per heavy atom. The number of thiophene rings is 1. The average molecular weight is 289 g/mol. The molecular weight excluding hydrogens is 282 g/mol. The van der Waals surface area contributed by atoms with E-state index in [1.807, 2.05) is 29.6 Å². The van der Waals surface area contributed by atoms with E-state index in [-0.39, 0.29) is 0 Å². The smallest absolute Gasteiger partial charge is 0.116 e. The number of halogens is 2. The number of rotatable bonds is 1. The molecule has 72 valence electrons. The van der Waals surface area contributed by atoms with Gasteiger partial charge in [-0.05, 0) is 17.7 Å². The maximum Gasteiger partial charge on any atom is 0.116 e. The molecule has 1 aromatic carbocycles. The van der Waals surface area contributed by atoms with E-state index in [9.17, 15) is 0 Å². The van der Waals surface area contributed by atoms with Gasteiger partial charge in [-0.2, -0.15) is 0 Å². The first kappa shape index (κ1) is 10.0. The van der Waals surface area contributed by atoms with Crippen LogP contribution < -0.4 is 5.73 Å². The highest BCUT2D eigenvalue weighted by molar-refractivity contribution is 9.10. The van der Waals surface area contributed by atoms with Gasteiger partial charge >= 0.3 is 0 Å². The van der Waals surface area contributed by atoms with Gasteiger partial charge in [-0.1, -0.05) is 39.7 Å². The van der Waals surface area contributed by atoms with Gasteiger partial charge in [0.2, 0.25) is 0 Å². The second-order valence-corrected chi connectivity index (χ2v) is 5.24. The minimum Gasteiger partial charge on any atom is -0.396 e. The van der Waals surface area contributed by atoms with Crippen molar-refractivity contribution in [3.63, 3.8) is 0 Å². The number of anilines is 1.